The minimum absolute atomic E-state index is 0.221. The van der Waals surface area contributed by atoms with E-state index in [4.69, 9.17) is 11.6 Å². The Balaban J connectivity index is 1.96. The van der Waals surface area contributed by atoms with E-state index < -0.39 is 0 Å². The Labute approximate surface area is 93.1 Å². The first-order valence-corrected chi connectivity index (χ1v) is 6.18. The van der Waals surface area contributed by atoms with E-state index in [1.807, 2.05) is 12.1 Å². The standard InChI is InChI=1S/C11H13ClOS/c12-11-5-4-10(14-11)6-9(7-13)8-2-1-3-8/h4-5,7-9H,1-3,6H2. The van der Waals surface area contributed by atoms with Crippen molar-refractivity contribution in [3.63, 3.8) is 0 Å². The molecule has 1 aromatic heterocycles. The van der Waals surface area contributed by atoms with Gasteiger partial charge in [-0.15, -0.1) is 11.3 Å². The summed E-state index contributed by atoms with van der Waals surface area (Å²) in [5.41, 5.74) is 0. The maximum absolute atomic E-state index is 10.9. The molecule has 1 atom stereocenters. The number of hydrogen-bond acceptors (Lipinski definition) is 2. The monoisotopic (exact) mass is 228 g/mol. The van der Waals surface area contributed by atoms with Gasteiger partial charge in [0.2, 0.25) is 0 Å². The largest absolute Gasteiger partial charge is 0.303 e. The van der Waals surface area contributed by atoms with Crippen molar-refractivity contribution >= 4 is 29.2 Å². The highest BCUT2D eigenvalue weighted by Crippen LogP contribution is 2.35. The summed E-state index contributed by atoms with van der Waals surface area (Å²) in [5, 5.41) is 0. The molecule has 2 rings (SSSR count). The second-order valence-corrected chi connectivity index (χ2v) is 5.70. The molecule has 0 aliphatic heterocycles. The van der Waals surface area contributed by atoms with Gasteiger partial charge < -0.3 is 4.79 Å². The van der Waals surface area contributed by atoms with Gasteiger partial charge in [0.25, 0.3) is 0 Å². The Morgan fingerprint density at radius 1 is 1.57 bits per heavy atom. The molecular weight excluding hydrogens is 216 g/mol. The highest BCUT2D eigenvalue weighted by molar-refractivity contribution is 7.16. The molecule has 1 aliphatic rings. The van der Waals surface area contributed by atoms with Crippen molar-refractivity contribution in [2.45, 2.75) is 25.7 Å². The second-order valence-electron chi connectivity index (χ2n) is 3.90. The topological polar surface area (TPSA) is 17.1 Å². The first kappa shape index (κ1) is 10.2. The van der Waals surface area contributed by atoms with Gasteiger partial charge in [-0.1, -0.05) is 18.0 Å². The molecule has 1 fully saturated rings. The van der Waals surface area contributed by atoms with Crippen molar-refractivity contribution in [1.29, 1.82) is 0 Å². The normalized spacial score (nSPS) is 18.9. The first-order valence-electron chi connectivity index (χ1n) is 4.99. The Bertz CT molecular complexity index is 317. The molecule has 1 unspecified atom stereocenters. The second kappa shape index (κ2) is 4.45. The summed E-state index contributed by atoms with van der Waals surface area (Å²) in [7, 11) is 0. The van der Waals surface area contributed by atoms with Gasteiger partial charge in [0.05, 0.1) is 4.34 Å². The summed E-state index contributed by atoms with van der Waals surface area (Å²) in [5.74, 6) is 0.854. The molecule has 1 heterocycles. The van der Waals surface area contributed by atoms with Gasteiger partial charge >= 0.3 is 0 Å². The predicted molar refractivity (Wildman–Crippen MR) is 59.9 cm³/mol. The summed E-state index contributed by atoms with van der Waals surface area (Å²) >= 11 is 7.43. The molecule has 1 saturated carbocycles. The lowest BCUT2D eigenvalue weighted by Crippen LogP contribution is -2.24. The van der Waals surface area contributed by atoms with Crippen LogP contribution in [-0.4, -0.2) is 6.29 Å². The molecule has 0 N–H and O–H groups in total. The van der Waals surface area contributed by atoms with Crippen molar-refractivity contribution in [2.24, 2.45) is 11.8 Å². The Morgan fingerprint density at radius 3 is 2.79 bits per heavy atom. The minimum Gasteiger partial charge on any atom is -0.303 e. The van der Waals surface area contributed by atoms with Gasteiger partial charge in [-0.2, -0.15) is 0 Å². The smallest absolute Gasteiger partial charge is 0.123 e. The lowest BCUT2D eigenvalue weighted by atomic mass is 9.75. The summed E-state index contributed by atoms with van der Waals surface area (Å²) in [6, 6.07) is 3.94. The van der Waals surface area contributed by atoms with E-state index >= 15 is 0 Å². The van der Waals surface area contributed by atoms with Gasteiger partial charge in [-0.25, -0.2) is 0 Å². The number of carbonyl (C=O) groups is 1. The number of aldehydes is 1. The van der Waals surface area contributed by atoms with Gasteiger partial charge in [0.1, 0.15) is 6.29 Å². The molecule has 0 spiro atoms. The highest BCUT2D eigenvalue weighted by atomic mass is 35.5. The maximum Gasteiger partial charge on any atom is 0.123 e. The highest BCUT2D eigenvalue weighted by Gasteiger charge is 2.27. The molecule has 76 valence electrons. The van der Waals surface area contributed by atoms with Crippen LogP contribution in [-0.2, 0) is 11.2 Å². The van der Waals surface area contributed by atoms with Crippen LogP contribution >= 0.6 is 22.9 Å². The molecule has 3 heteroatoms. The number of hydrogen-bond donors (Lipinski definition) is 0. The van der Waals surface area contributed by atoms with Crippen LogP contribution in [0.4, 0.5) is 0 Å². The van der Waals surface area contributed by atoms with E-state index in [-0.39, 0.29) is 5.92 Å². The number of carbonyl (C=O) groups excluding carboxylic acids is 1. The Kier molecular flexibility index (Phi) is 3.24. The van der Waals surface area contributed by atoms with Crippen LogP contribution in [0.5, 0.6) is 0 Å². The van der Waals surface area contributed by atoms with Crippen LogP contribution in [0.25, 0.3) is 0 Å². The zero-order valence-corrected chi connectivity index (χ0v) is 9.48. The fourth-order valence-corrected chi connectivity index (χ4v) is 3.05. The van der Waals surface area contributed by atoms with Crippen LogP contribution < -0.4 is 0 Å². The van der Waals surface area contributed by atoms with Gasteiger partial charge in [-0.3, -0.25) is 0 Å². The molecule has 1 aromatic rings. The number of thiophene rings is 1. The molecule has 1 nitrogen and oxygen atoms in total. The first-order chi connectivity index (χ1) is 6.79. The molecule has 0 saturated heterocycles. The molecule has 0 radical (unpaired) electrons. The number of halogens is 1. The fourth-order valence-electron chi connectivity index (χ4n) is 1.89. The molecular formula is C11H13ClOS. The van der Waals surface area contributed by atoms with Crippen molar-refractivity contribution in [1.82, 2.24) is 0 Å². The average Bonchev–Trinajstić information content (AvgIpc) is 2.47. The van der Waals surface area contributed by atoms with Crippen molar-refractivity contribution in [3.05, 3.63) is 21.3 Å². The summed E-state index contributed by atoms with van der Waals surface area (Å²) in [6.45, 7) is 0. The van der Waals surface area contributed by atoms with Crippen LogP contribution in [0, 0.1) is 11.8 Å². The SMILES string of the molecule is O=CC(Cc1ccc(Cl)s1)C1CCC1. The lowest BCUT2D eigenvalue weighted by Gasteiger charge is -2.30. The Hall–Kier alpha value is -0.340. The Morgan fingerprint density at radius 2 is 2.36 bits per heavy atom. The van der Waals surface area contributed by atoms with Crippen LogP contribution in [0.3, 0.4) is 0 Å². The van der Waals surface area contributed by atoms with Crippen molar-refractivity contribution in [2.75, 3.05) is 0 Å². The van der Waals surface area contributed by atoms with Gasteiger partial charge in [-0.05, 0) is 37.3 Å². The summed E-state index contributed by atoms with van der Waals surface area (Å²) < 4.78 is 0.818. The molecule has 1 aliphatic carbocycles. The fraction of sp³-hybridized carbons (Fsp3) is 0.545. The lowest BCUT2D eigenvalue weighted by molar-refractivity contribution is -0.113. The van der Waals surface area contributed by atoms with Gasteiger partial charge in [0, 0.05) is 10.8 Å². The minimum atomic E-state index is 0.221. The molecule has 0 aromatic carbocycles. The third kappa shape index (κ3) is 2.18. The quantitative estimate of drug-likeness (QED) is 0.721. The van der Waals surface area contributed by atoms with Crippen molar-refractivity contribution < 1.29 is 4.79 Å². The third-order valence-corrected chi connectivity index (χ3v) is 4.25. The van der Waals surface area contributed by atoms with E-state index in [2.05, 4.69) is 0 Å². The van der Waals surface area contributed by atoms with E-state index in [1.54, 1.807) is 11.3 Å². The van der Waals surface area contributed by atoms with E-state index in [0.29, 0.717) is 5.92 Å². The van der Waals surface area contributed by atoms with Crippen LogP contribution in [0.1, 0.15) is 24.1 Å². The zero-order chi connectivity index (χ0) is 9.97. The van der Waals surface area contributed by atoms with Crippen LogP contribution in [0.2, 0.25) is 4.34 Å². The van der Waals surface area contributed by atoms with E-state index in [0.717, 1.165) is 17.0 Å². The summed E-state index contributed by atoms with van der Waals surface area (Å²) in [4.78, 5) is 12.2. The zero-order valence-electron chi connectivity index (χ0n) is 7.91. The maximum atomic E-state index is 10.9. The third-order valence-electron chi connectivity index (χ3n) is 3.00. The molecule has 0 bridgehead atoms. The average molecular weight is 229 g/mol. The van der Waals surface area contributed by atoms with Crippen molar-refractivity contribution in [3.8, 4) is 0 Å². The van der Waals surface area contributed by atoms with E-state index in [9.17, 15) is 4.79 Å². The molecule has 14 heavy (non-hydrogen) atoms. The van der Waals surface area contributed by atoms with Crippen LogP contribution in [0.15, 0.2) is 12.1 Å². The van der Waals surface area contributed by atoms with E-state index in [1.165, 1.54) is 24.1 Å². The predicted octanol–water partition coefficient (Wildman–Crippen LogP) is 3.56. The van der Waals surface area contributed by atoms with Gasteiger partial charge in [0.15, 0.2) is 0 Å². The summed E-state index contributed by atoms with van der Waals surface area (Å²) in [6.07, 6.45) is 5.74. The molecule has 0 amide bonds. The number of rotatable bonds is 4.